The van der Waals surface area contributed by atoms with Crippen LogP contribution in [-0.2, 0) is 0 Å². The fraction of sp³-hybridized carbons (Fsp3) is 0.333. The molecule has 78 valence electrons. The highest BCUT2D eigenvalue weighted by Gasteiger charge is 2.13. The lowest BCUT2D eigenvalue weighted by Crippen LogP contribution is -2.15. The molecule has 1 aromatic carbocycles. The van der Waals surface area contributed by atoms with Crippen LogP contribution in [0.15, 0.2) is 24.3 Å². The first-order chi connectivity index (χ1) is 6.63. The van der Waals surface area contributed by atoms with Crippen molar-refractivity contribution in [2.45, 2.75) is 5.92 Å². The molecule has 0 heterocycles. The molecule has 0 bridgehead atoms. The Labute approximate surface area is 83.3 Å². The van der Waals surface area contributed by atoms with E-state index in [1.54, 1.807) is 12.1 Å². The molecule has 0 saturated heterocycles. The minimum absolute atomic E-state index is 0.114. The molecule has 0 fully saturated rings. The summed E-state index contributed by atoms with van der Waals surface area (Å²) in [6.45, 7) is 0.325. The monoisotopic (exact) mass is 217 g/mol. The summed E-state index contributed by atoms with van der Waals surface area (Å²) in [6, 6.07) is 5.92. The Bertz CT molecular complexity index is 279. The average molecular weight is 217 g/mol. The maximum absolute atomic E-state index is 12.6. The van der Waals surface area contributed by atoms with Crippen LogP contribution in [0.5, 0.6) is 0 Å². The lowest BCUT2D eigenvalue weighted by Gasteiger charge is -2.15. The molecule has 0 spiro atoms. The second-order valence-corrected chi connectivity index (χ2v) is 4.15. The van der Waals surface area contributed by atoms with Crippen molar-refractivity contribution in [3.05, 3.63) is 35.6 Å². The number of hydrogen-bond acceptors (Lipinski definition) is 3. The Hall–Kier alpha value is -0.540. The molecule has 1 rings (SSSR count). The van der Waals surface area contributed by atoms with Crippen LogP contribution in [0.1, 0.15) is 11.5 Å². The maximum atomic E-state index is 12.6. The molecule has 0 radical (unpaired) electrons. The molecule has 3 nitrogen and oxygen atoms in total. The highest BCUT2D eigenvalue weighted by Crippen LogP contribution is 2.31. The summed E-state index contributed by atoms with van der Waals surface area (Å²) in [5, 5.41) is 0. The van der Waals surface area contributed by atoms with Gasteiger partial charge in [0, 0.05) is 12.1 Å². The summed E-state index contributed by atoms with van der Waals surface area (Å²) in [5.41, 5.74) is 6.32. The largest absolute Gasteiger partial charge is 0.350 e. The molecule has 1 unspecified atom stereocenters. The molecule has 0 saturated carbocycles. The Morgan fingerprint density at radius 1 is 1.29 bits per heavy atom. The molecule has 0 aliphatic carbocycles. The molecule has 0 aliphatic heterocycles. The predicted molar refractivity (Wildman–Crippen MR) is 54.4 cm³/mol. The van der Waals surface area contributed by atoms with Crippen LogP contribution >= 0.6 is 8.38 Å². The van der Waals surface area contributed by atoms with Crippen LogP contribution in [0.2, 0.25) is 0 Å². The van der Waals surface area contributed by atoms with Crippen LogP contribution in [-0.4, -0.2) is 22.5 Å². The Kier molecular flexibility index (Phi) is 4.42. The van der Waals surface area contributed by atoms with Crippen molar-refractivity contribution in [2.24, 2.45) is 5.73 Å². The molecule has 5 heteroatoms. The van der Waals surface area contributed by atoms with Gasteiger partial charge in [-0.15, -0.1) is 0 Å². The van der Waals surface area contributed by atoms with Crippen LogP contribution < -0.4 is 5.73 Å². The SMILES string of the molecule is NCC(CP(O)O)c1ccc(F)cc1. The summed E-state index contributed by atoms with van der Waals surface area (Å²) < 4.78 is 12.6. The molecule has 1 atom stereocenters. The van der Waals surface area contributed by atoms with Crippen LogP contribution in [0.25, 0.3) is 0 Å². The van der Waals surface area contributed by atoms with Gasteiger partial charge in [0.15, 0.2) is 8.38 Å². The van der Waals surface area contributed by atoms with Crippen molar-refractivity contribution in [3.63, 3.8) is 0 Å². The van der Waals surface area contributed by atoms with E-state index in [4.69, 9.17) is 15.5 Å². The van der Waals surface area contributed by atoms with Crippen molar-refractivity contribution in [1.82, 2.24) is 0 Å². The topological polar surface area (TPSA) is 66.5 Å². The smallest absolute Gasteiger partial charge is 0.165 e. The van der Waals surface area contributed by atoms with Gasteiger partial charge < -0.3 is 15.5 Å². The first kappa shape index (κ1) is 11.5. The van der Waals surface area contributed by atoms with Gasteiger partial charge >= 0.3 is 0 Å². The summed E-state index contributed by atoms with van der Waals surface area (Å²) >= 11 is 0. The van der Waals surface area contributed by atoms with Crippen LogP contribution in [0.4, 0.5) is 4.39 Å². The first-order valence-corrected chi connectivity index (χ1v) is 5.67. The van der Waals surface area contributed by atoms with Gasteiger partial charge in [0.05, 0.1) is 0 Å². The lowest BCUT2D eigenvalue weighted by molar-refractivity contribution is 0.476. The zero-order valence-electron chi connectivity index (χ0n) is 7.60. The standard InChI is InChI=1S/C9H13FNO2P/c10-9-3-1-7(2-4-9)8(5-11)6-14(12)13/h1-4,8,12-13H,5-6,11H2. The Balaban J connectivity index is 2.73. The second kappa shape index (κ2) is 5.37. The summed E-state index contributed by atoms with van der Waals surface area (Å²) in [4.78, 5) is 17.7. The third-order valence-electron chi connectivity index (χ3n) is 2.01. The quantitative estimate of drug-likeness (QED) is 0.663. The summed E-state index contributed by atoms with van der Waals surface area (Å²) in [5.74, 6) is -0.420. The lowest BCUT2D eigenvalue weighted by atomic mass is 10.0. The van der Waals surface area contributed by atoms with Crippen molar-refractivity contribution >= 4 is 8.38 Å². The van der Waals surface area contributed by atoms with Crippen LogP contribution in [0.3, 0.4) is 0 Å². The molecule has 1 aromatic rings. The molecular formula is C9H13FNO2P. The van der Waals surface area contributed by atoms with Gasteiger partial charge in [0.1, 0.15) is 5.82 Å². The highest BCUT2D eigenvalue weighted by molar-refractivity contribution is 7.45. The van der Waals surface area contributed by atoms with E-state index in [9.17, 15) is 4.39 Å². The van der Waals surface area contributed by atoms with Crippen molar-refractivity contribution in [1.29, 1.82) is 0 Å². The van der Waals surface area contributed by atoms with Gasteiger partial charge in [0.2, 0.25) is 0 Å². The van der Waals surface area contributed by atoms with Gasteiger partial charge in [-0.05, 0) is 24.2 Å². The van der Waals surface area contributed by atoms with E-state index in [1.165, 1.54) is 12.1 Å². The van der Waals surface area contributed by atoms with Crippen molar-refractivity contribution in [2.75, 3.05) is 12.7 Å². The fourth-order valence-corrected chi connectivity index (χ4v) is 2.00. The van der Waals surface area contributed by atoms with Gasteiger partial charge in [-0.1, -0.05) is 12.1 Å². The van der Waals surface area contributed by atoms with Gasteiger partial charge in [-0.25, -0.2) is 4.39 Å². The maximum Gasteiger partial charge on any atom is 0.165 e. The predicted octanol–water partition coefficient (Wildman–Crippen LogP) is 1.16. The average Bonchev–Trinajstić information content (AvgIpc) is 2.15. The number of hydrogen-bond donors (Lipinski definition) is 3. The summed E-state index contributed by atoms with van der Waals surface area (Å²) in [7, 11) is -1.95. The molecule has 0 amide bonds. The van der Waals surface area contributed by atoms with Gasteiger partial charge in [0.25, 0.3) is 0 Å². The first-order valence-electron chi connectivity index (χ1n) is 4.24. The summed E-state index contributed by atoms with van der Waals surface area (Å²) in [6.07, 6.45) is 0.234. The van der Waals surface area contributed by atoms with E-state index >= 15 is 0 Å². The highest BCUT2D eigenvalue weighted by atomic mass is 31.2. The van der Waals surface area contributed by atoms with E-state index in [0.29, 0.717) is 6.54 Å². The van der Waals surface area contributed by atoms with Gasteiger partial charge in [-0.3, -0.25) is 0 Å². The minimum Gasteiger partial charge on any atom is -0.350 e. The minimum atomic E-state index is -1.95. The van der Waals surface area contributed by atoms with Crippen molar-refractivity contribution in [3.8, 4) is 0 Å². The third kappa shape index (κ3) is 3.31. The molecule has 4 N–H and O–H groups in total. The van der Waals surface area contributed by atoms with E-state index < -0.39 is 8.38 Å². The van der Waals surface area contributed by atoms with E-state index in [1.807, 2.05) is 0 Å². The molecule has 0 aliphatic rings. The molecular weight excluding hydrogens is 204 g/mol. The van der Waals surface area contributed by atoms with Crippen LogP contribution in [0, 0.1) is 5.82 Å². The normalized spacial score (nSPS) is 13.2. The number of rotatable bonds is 4. The van der Waals surface area contributed by atoms with Gasteiger partial charge in [-0.2, -0.15) is 0 Å². The molecule has 14 heavy (non-hydrogen) atoms. The number of halogens is 1. The van der Waals surface area contributed by atoms with E-state index in [-0.39, 0.29) is 17.9 Å². The second-order valence-electron chi connectivity index (χ2n) is 3.04. The van der Waals surface area contributed by atoms with E-state index in [2.05, 4.69) is 0 Å². The zero-order chi connectivity index (χ0) is 10.6. The number of benzene rings is 1. The number of nitrogens with two attached hydrogens (primary N) is 1. The van der Waals surface area contributed by atoms with E-state index in [0.717, 1.165) is 5.56 Å². The Morgan fingerprint density at radius 2 is 1.86 bits per heavy atom. The Morgan fingerprint density at radius 3 is 2.29 bits per heavy atom. The third-order valence-corrected chi connectivity index (χ3v) is 2.78. The molecule has 0 aromatic heterocycles. The fourth-order valence-electron chi connectivity index (χ4n) is 1.25. The zero-order valence-corrected chi connectivity index (χ0v) is 8.49. The van der Waals surface area contributed by atoms with Crippen molar-refractivity contribution < 1.29 is 14.2 Å².